The molecule has 0 bridgehead atoms. The summed E-state index contributed by atoms with van der Waals surface area (Å²) in [7, 11) is 0. The number of ether oxygens (including phenoxy) is 1. The molecule has 0 radical (unpaired) electrons. The van der Waals surface area contributed by atoms with Crippen molar-refractivity contribution < 1.29 is 23.0 Å². The first kappa shape index (κ1) is 17.1. The van der Waals surface area contributed by atoms with Crippen LogP contribution < -0.4 is 9.64 Å². The standard InChI is InChI=1S/C17H18F3NO2/c1-2-21(13-5-8-16(19)17(20)9-13)10-14(22)11-23-15-6-3-12(18)4-7-15/h3-9,14,22H,2,10-11H2,1H3. The number of likely N-dealkylation sites (N-methyl/N-ethyl adjacent to an activating group) is 1. The van der Waals surface area contributed by atoms with Crippen molar-refractivity contribution in [3.63, 3.8) is 0 Å². The number of hydrogen-bond acceptors (Lipinski definition) is 3. The van der Waals surface area contributed by atoms with Gasteiger partial charge in [0.1, 0.15) is 24.3 Å². The van der Waals surface area contributed by atoms with Gasteiger partial charge in [0, 0.05) is 24.8 Å². The summed E-state index contributed by atoms with van der Waals surface area (Å²) in [5.41, 5.74) is 0.479. The van der Waals surface area contributed by atoms with Crippen LogP contribution in [0, 0.1) is 17.5 Å². The van der Waals surface area contributed by atoms with Gasteiger partial charge < -0.3 is 14.7 Å². The molecule has 0 spiro atoms. The van der Waals surface area contributed by atoms with E-state index in [1.165, 1.54) is 30.3 Å². The van der Waals surface area contributed by atoms with Crippen LogP contribution in [-0.2, 0) is 0 Å². The Morgan fingerprint density at radius 2 is 1.74 bits per heavy atom. The SMILES string of the molecule is CCN(CC(O)COc1ccc(F)cc1)c1ccc(F)c(F)c1. The number of halogens is 3. The van der Waals surface area contributed by atoms with Crippen molar-refractivity contribution >= 4 is 5.69 Å². The van der Waals surface area contributed by atoms with Crippen LogP contribution in [0.2, 0.25) is 0 Å². The number of aliphatic hydroxyl groups is 1. The Balaban J connectivity index is 1.92. The maximum absolute atomic E-state index is 13.3. The van der Waals surface area contributed by atoms with Gasteiger partial charge in [-0.25, -0.2) is 13.2 Å². The molecule has 0 saturated carbocycles. The molecule has 0 saturated heterocycles. The molecular formula is C17H18F3NO2. The van der Waals surface area contributed by atoms with Crippen molar-refractivity contribution in [2.45, 2.75) is 13.0 Å². The van der Waals surface area contributed by atoms with Crippen LogP contribution in [0.15, 0.2) is 42.5 Å². The van der Waals surface area contributed by atoms with Crippen LogP contribution in [0.1, 0.15) is 6.92 Å². The van der Waals surface area contributed by atoms with E-state index in [1.807, 2.05) is 6.92 Å². The van der Waals surface area contributed by atoms with E-state index in [0.717, 1.165) is 12.1 Å². The van der Waals surface area contributed by atoms with Crippen molar-refractivity contribution in [2.24, 2.45) is 0 Å². The lowest BCUT2D eigenvalue weighted by molar-refractivity contribution is 0.112. The van der Waals surface area contributed by atoms with Gasteiger partial charge in [0.15, 0.2) is 11.6 Å². The van der Waals surface area contributed by atoms with Gasteiger partial charge in [-0.05, 0) is 43.3 Å². The van der Waals surface area contributed by atoms with Crippen LogP contribution >= 0.6 is 0 Å². The quantitative estimate of drug-likeness (QED) is 0.847. The maximum atomic E-state index is 13.3. The fourth-order valence-electron chi connectivity index (χ4n) is 2.13. The summed E-state index contributed by atoms with van der Waals surface area (Å²) in [5.74, 6) is -1.77. The van der Waals surface area contributed by atoms with E-state index >= 15 is 0 Å². The smallest absolute Gasteiger partial charge is 0.160 e. The van der Waals surface area contributed by atoms with E-state index in [9.17, 15) is 18.3 Å². The zero-order valence-electron chi connectivity index (χ0n) is 12.7. The average molecular weight is 325 g/mol. The predicted molar refractivity (Wildman–Crippen MR) is 82.1 cm³/mol. The summed E-state index contributed by atoms with van der Waals surface area (Å²) < 4.78 is 44.4. The van der Waals surface area contributed by atoms with Gasteiger partial charge in [-0.3, -0.25) is 0 Å². The van der Waals surface area contributed by atoms with E-state index in [1.54, 1.807) is 4.90 Å². The van der Waals surface area contributed by atoms with Crippen molar-refractivity contribution in [2.75, 3.05) is 24.6 Å². The topological polar surface area (TPSA) is 32.7 Å². The molecule has 1 atom stereocenters. The zero-order chi connectivity index (χ0) is 16.8. The molecule has 0 aliphatic rings. The normalized spacial score (nSPS) is 12.0. The Labute approximate surface area is 132 Å². The van der Waals surface area contributed by atoms with Gasteiger partial charge in [0.05, 0.1) is 0 Å². The minimum atomic E-state index is -0.932. The van der Waals surface area contributed by atoms with Crippen molar-refractivity contribution in [1.29, 1.82) is 0 Å². The van der Waals surface area contributed by atoms with Gasteiger partial charge >= 0.3 is 0 Å². The third kappa shape index (κ3) is 4.89. The second-order valence-corrected chi connectivity index (χ2v) is 5.06. The molecule has 124 valence electrons. The number of hydrogen-bond donors (Lipinski definition) is 1. The van der Waals surface area contributed by atoms with Crippen LogP contribution in [0.3, 0.4) is 0 Å². The van der Waals surface area contributed by atoms with E-state index in [4.69, 9.17) is 4.74 Å². The molecule has 0 amide bonds. The van der Waals surface area contributed by atoms with Gasteiger partial charge in [-0.2, -0.15) is 0 Å². The summed E-state index contributed by atoms with van der Waals surface area (Å²) in [6.07, 6.45) is -0.840. The van der Waals surface area contributed by atoms with Crippen LogP contribution in [0.4, 0.5) is 18.9 Å². The van der Waals surface area contributed by atoms with Gasteiger partial charge in [-0.15, -0.1) is 0 Å². The highest BCUT2D eigenvalue weighted by Gasteiger charge is 2.14. The first-order chi connectivity index (χ1) is 11.0. The Kier molecular flexibility index (Phi) is 5.87. The van der Waals surface area contributed by atoms with Crippen molar-refractivity contribution in [3.8, 4) is 5.75 Å². The Bertz CT molecular complexity index is 634. The van der Waals surface area contributed by atoms with E-state index in [-0.39, 0.29) is 19.0 Å². The van der Waals surface area contributed by atoms with E-state index in [0.29, 0.717) is 18.0 Å². The van der Waals surface area contributed by atoms with E-state index < -0.39 is 17.7 Å². The minimum absolute atomic E-state index is 0.00576. The molecule has 23 heavy (non-hydrogen) atoms. The lowest BCUT2D eigenvalue weighted by Gasteiger charge is -2.26. The molecule has 0 heterocycles. The third-order valence-corrected chi connectivity index (χ3v) is 3.34. The highest BCUT2D eigenvalue weighted by Crippen LogP contribution is 2.18. The Morgan fingerprint density at radius 1 is 1.04 bits per heavy atom. The van der Waals surface area contributed by atoms with Crippen LogP contribution in [0.5, 0.6) is 5.75 Å². The van der Waals surface area contributed by atoms with Gasteiger partial charge in [0.2, 0.25) is 0 Å². The molecule has 1 N–H and O–H groups in total. The van der Waals surface area contributed by atoms with Crippen molar-refractivity contribution in [3.05, 3.63) is 59.9 Å². The number of rotatable bonds is 7. The number of anilines is 1. The summed E-state index contributed by atoms with van der Waals surface area (Å²) in [4.78, 5) is 1.71. The van der Waals surface area contributed by atoms with Crippen LogP contribution in [0.25, 0.3) is 0 Å². The summed E-state index contributed by atoms with van der Waals surface area (Å²) in [6.45, 7) is 2.56. The predicted octanol–water partition coefficient (Wildman–Crippen LogP) is 3.37. The molecule has 2 aromatic rings. The average Bonchev–Trinajstić information content (AvgIpc) is 2.55. The largest absolute Gasteiger partial charge is 0.491 e. The lowest BCUT2D eigenvalue weighted by Crippen LogP contribution is -2.35. The van der Waals surface area contributed by atoms with Gasteiger partial charge in [-0.1, -0.05) is 0 Å². The maximum Gasteiger partial charge on any atom is 0.160 e. The fraction of sp³-hybridized carbons (Fsp3) is 0.294. The third-order valence-electron chi connectivity index (χ3n) is 3.34. The lowest BCUT2D eigenvalue weighted by atomic mass is 10.2. The number of benzene rings is 2. The second-order valence-electron chi connectivity index (χ2n) is 5.06. The Morgan fingerprint density at radius 3 is 2.35 bits per heavy atom. The second kappa shape index (κ2) is 7.87. The highest BCUT2D eigenvalue weighted by atomic mass is 19.2. The minimum Gasteiger partial charge on any atom is -0.491 e. The van der Waals surface area contributed by atoms with Crippen LogP contribution in [-0.4, -0.2) is 30.9 Å². The molecule has 2 rings (SSSR count). The zero-order valence-corrected chi connectivity index (χ0v) is 12.7. The Hall–Kier alpha value is -2.21. The first-order valence-corrected chi connectivity index (χ1v) is 7.26. The molecule has 1 unspecified atom stereocenters. The fourth-order valence-corrected chi connectivity index (χ4v) is 2.13. The first-order valence-electron chi connectivity index (χ1n) is 7.26. The number of nitrogens with zero attached hydrogens (tertiary/aromatic N) is 1. The monoisotopic (exact) mass is 325 g/mol. The molecule has 3 nitrogen and oxygen atoms in total. The van der Waals surface area contributed by atoms with Gasteiger partial charge in [0.25, 0.3) is 0 Å². The molecule has 2 aromatic carbocycles. The molecule has 0 fully saturated rings. The molecule has 0 aromatic heterocycles. The molecule has 0 aliphatic carbocycles. The molecule has 0 aliphatic heterocycles. The molecule has 6 heteroatoms. The summed E-state index contributed by atoms with van der Waals surface area (Å²) in [6, 6.07) is 9.06. The summed E-state index contributed by atoms with van der Waals surface area (Å²) in [5, 5.41) is 10.0. The van der Waals surface area contributed by atoms with Crippen molar-refractivity contribution in [1.82, 2.24) is 0 Å². The number of aliphatic hydroxyl groups excluding tert-OH is 1. The highest BCUT2D eigenvalue weighted by molar-refractivity contribution is 5.46. The summed E-state index contributed by atoms with van der Waals surface area (Å²) >= 11 is 0. The van der Waals surface area contributed by atoms with E-state index in [2.05, 4.69) is 0 Å². The molecular weight excluding hydrogens is 307 g/mol.